The molecule has 4 heteroatoms. The zero-order valence-corrected chi connectivity index (χ0v) is 11.3. The number of hydrogen-bond donors (Lipinski definition) is 4. The van der Waals surface area contributed by atoms with Crippen LogP contribution >= 0.6 is 0 Å². The van der Waals surface area contributed by atoms with Gasteiger partial charge in [0.05, 0.1) is 5.60 Å². The second-order valence-electron chi connectivity index (χ2n) is 5.59. The van der Waals surface area contributed by atoms with E-state index in [4.69, 9.17) is 10.8 Å². The number of rotatable bonds is 6. The second kappa shape index (κ2) is 6.37. The molecule has 0 aromatic heterocycles. The highest BCUT2D eigenvalue weighted by Gasteiger charge is 2.30. The van der Waals surface area contributed by atoms with Gasteiger partial charge in [0.25, 0.3) is 0 Å². The highest BCUT2D eigenvalue weighted by molar-refractivity contribution is 5.46. The molecule has 1 unspecified atom stereocenters. The Hall–Kier alpha value is -1.10. The predicted molar refractivity (Wildman–Crippen MR) is 76.9 cm³/mol. The molecule has 5 N–H and O–H groups in total. The van der Waals surface area contributed by atoms with E-state index in [2.05, 4.69) is 11.4 Å². The van der Waals surface area contributed by atoms with E-state index in [0.29, 0.717) is 13.0 Å². The molecule has 0 bridgehead atoms. The average molecular weight is 264 g/mol. The van der Waals surface area contributed by atoms with E-state index < -0.39 is 11.8 Å². The third-order valence-corrected chi connectivity index (χ3v) is 3.81. The highest BCUT2D eigenvalue weighted by Crippen LogP contribution is 2.29. The van der Waals surface area contributed by atoms with Crippen LogP contribution in [-0.4, -0.2) is 28.6 Å². The number of hydrogen-bond acceptors (Lipinski definition) is 4. The van der Waals surface area contributed by atoms with E-state index in [0.717, 1.165) is 43.4 Å². The first-order valence-corrected chi connectivity index (χ1v) is 7.06. The van der Waals surface area contributed by atoms with Gasteiger partial charge >= 0.3 is 0 Å². The molecule has 1 atom stereocenters. The molecule has 1 aromatic carbocycles. The molecular formula is C15H24N2O2. The van der Waals surface area contributed by atoms with Gasteiger partial charge in [0.15, 0.2) is 0 Å². The van der Waals surface area contributed by atoms with Crippen LogP contribution in [0.2, 0.25) is 0 Å². The van der Waals surface area contributed by atoms with Crippen molar-refractivity contribution in [3.8, 4) is 0 Å². The first-order chi connectivity index (χ1) is 9.07. The molecule has 0 spiro atoms. The Kier molecular flexibility index (Phi) is 4.80. The van der Waals surface area contributed by atoms with Crippen LogP contribution in [0.3, 0.4) is 0 Å². The van der Waals surface area contributed by atoms with Crippen LogP contribution in [-0.2, 0) is 6.42 Å². The molecule has 0 heterocycles. The lowest BCUT2D eigenvalue weighted by Crippen LogP contribution is -2.33. The van der Waals surface area contributed by atoms with E-state index in [9.17, 15) is 5.11 Å². The van der Waals surface area contributed by atoms with Crippen LogP contribution in [0, 0.1) is 0 Å². The number of nitrogens with one attached hydrogen (secondary N) is 1. The molecule has 0 aliphatic heterocycles. The molecule has 1 aromatic rings. The summed E-state index contributed by atoms with van der Waals surface area (Å²) in [4.78, 5) is 0. The Morgan fingerprint density at radius 1 is 1.32 bits per heavy atom. The summed E-state index contributed by atoms with van der Waals surface area (Å²) in [5.41, 5.74) is 6.97. The summed E-state index contributed by atoms with van der Waals surface area (Å²) in [6.07, 6.45) is 4.58. The lowest BCUT2D eigenvalue weighted by molar-refractivity contribution is 0.0615. The van der Waals surface area contributed by atoms with E-state index in [1.54, 1.807) is 0 Å². The summed E-state index contributed by atoms with van der Waals surface area (Å²) in [5, 5.41) is 22.7. The summed E-state index contributed by atoms with van der Waals surface area (Å²) in [7, 11) is 0. The van der Waals surface area contributed by atoms with Crippen molar-refractivity contribution >= 4 is 5.69 Å². The van der Waals surface area contributed by atoms with Gasteiger partial charge in [-0.05, 0) is 43.4 Å². The Morgan fingerprint density at radius 2 is 2.05 bits per heavy atom. The highest BCUT2D eigenvalue weighted by atomic mass is 16.3. The number of aliphatic hydroxyl groups is 2. The van der Waals surface area contributed by atoms with Gasteiger partial charge < -0.3 is 21.3 Å². The Morgan fingerprint density at radius 3 is 2.74 bits per heavy atom. The average Bonchev–Trinajstić information content (AvgIpc) is 2.82. The van der Waals surface area contributed by atoms with Crippen LogP contribution in [0.15, 0.2) is 24.3 Å². The van der Waals surface area contributed by atoms with Crippen molar-refractivity contribution in [1.29, 1.82) is 0 Å². The van der Waals surface area contributed by atoms with Gasteiger partial charge in [-0.3, -0.25) is 0 Å². The molecule has 106 valence electrons. The van der Waals surface area contributed by atoms with Crippen molar-refractivity contribution in [3.63, 3.8) is 0 Å². The lowest BCUT2D eigenvalue weighted by atomic mass is 10.0. The molecule has 1 aliphatic carbocycles. The largest absolute Gasteiger partial charge is 0.388 e. The third-order valence-electron chi connectivity index (χ3n) is 3.81. The fraction of sp³-hybridized carbons (Fsp3) is 0.600. The molecule has 2 rings (SSSR count). The zero-order valence-electron chi connectivity index (χ0n) is 11.3. The molecule has 1 aliphatic rings. The minimum absolute atomic E-state index is 0.538. The Bertz CT molecular complexity index is 401. The smallest absolute Gasteiger partial charge is 0.102 e. The minimum atomic E-state index is -0.754. The van der Waals surface area contributed by atoms with Gasteiger partial charge in [-0.2, -0.15) is 0 Å². The molecule has 0 saturated heterocycles. The first kappa shape index (κ1) is 14.3. The maximum atomic E-state index is 10.3. The lowest BCUT2D eigenvalue weighted by Gasteiger charge is -2.23. The Labute approximate surface area is 114 Å². The van der Waals surface area contributed by atoms with Gasteiger partial charge in [-0.25, -0.2) is 0 Å². The number of benzene rings is 1. The molecule has 0 amide bonds. The minimum Gasteiger partial charge on any atom is -0.388 e. The quantitative estimate of drug-likeness (QED) is 0.589. The fourth-order valence-corrected chi connectivity index (χ4v) is 2.63. The summed E-state index contributed by atoms with van der Waals surface area (Å²) in [6.45, 7) is 0.607. The molecule has 4 nitrogen and oxygen atoms in total. The van der Waals surface area contributed by atoms with Gasteiger partial charge in [-0.15, -0.1) is 0 Å². The second-order valence-corrected chi connectivity index (χ2v) is 5.59. The maximum Gasteiger partial charge on any atom is 0.102 e. The third kappa shape index (κ3) is 4.49. The number of aryl methyl sites for hydroxylation is 1. The van der Waals surface area contributed by atoms with Crippen LogP contribution in [0.1, 0.15) is 37.7 Å². The van der Waals surface area contributed by atoms with E-state index >= 15 is 0 Å². The molecule has 1 saturated carbocycles. The van der Waals surface area contributed by atoms with Crippen molar-refractivity contribution in [2.24, 2.45) is 5.73 Å². The van der Waals surface area contributed by atoms with Gasteiger partial charge in [-0.1, -0.05) is 25.0 Å². The van der Waals surface area contributed by atoms with E-state index in [1.165, 1.54) is 0 Å². The number of nitrogens with two attached hydrogens (primary N) is 1. The van der Waals surface area contributed by atoms with Gasteiger partial charge in [0.2, 0.25) is 0 Å². The molecule has 1 fully saturated rings. The van der Waals surface area contributed by atoms with Crippen molar-refractivity contribution in [2.45, 2.75) is 50.4 Å². The molecule has 19 heavy (non-hydrogen) atoms. The van der Waals surface area contributed by atoms with E-state index in [1.807, 2.05) is 18.2 Å². The topological polar surface area (TPSA) is 78.5 Å². The zero-order chi connectivity index (χ0) is 13.7. The predicted octanol–water partition coefficient (Wildman–Crippen LogP) is 1.61. The summed E-state index contributed by atoms with van der Waals surface area (Å²) >= 11 is 0. The Balaban J connectivity index is 1.87. The number of aliphatic hydroxyl groups excluding tert-OH is 1. The monoisotopic (exact) mass is 264 g/mol. The normalized spacial score (nSPS) is 19.3. The summed E-state index contributed by atoms with van der Waals surface area (Å²) in [5.74, 6) is 0. The van der Waals surface area contributed by atoms with Crippen molar-refractivity contribution in [1.82, 2.24) is 0 Å². The fourth-order valence-electron chi connectivity index (χ4n) is 2.63. The SMILES string of the molecule is NC(O)CCc1cccc(NCC2(O)CCCC2)c1. The van der Waals surface area contributed by atoms with Crippen molar-refractivity contribution < 1.29 is 10.2 Å². The van der Waals surface area contributed by atoms with Gasteiger partial charge in [0, 0.05) is 12.2 Å². The van der Waals surface area contributed by atoms with Crippen LogP contribution in [0.4, 0.5) is 5.69 Å². The first-order valence-electron chi connectivity index (χ1n) is 7.06. The standard InChI is InChI=1S/C15H24N2O2/c16-14(18)7-6-12-4-3-5-13(10-12)17-11-15(19)8-1-2-9-15/h3-5,10,14,17-19H,1-2,6-9,11,16H2. The molecular weight excluding hydrogens is 240 g/mol. The maximum absolute atomic E-state index is 10.3. The summed E-state index contributed by atoms with van der Waals surface area (Å²) < 4.78 is 0. The van der Waals surface area contributed by atoms with Gasteiger partial charge in [0.1, 0.15) is 6.23 Å². The van der Waals surface area contributed by atoms with Crippen LogP contribution < -0.4 is 11.1 Å². The number of anilines is 1. The molecule has 0 radical (unpaired) electrons. The van der Waals surface area contributed by atoms with Crippen LogP contribution in [0.5, 0.6) is 0 Å². The summed E-state index contributed by atoms with van der Waals surface area (Å²) in [6, 6.07) is 8.07. The van der Waals surface area contributed by atoms with Crippen LogP contribution in [0.25, 0.3) is 0 Å². The van der Waals surface area contributed by atoms with Crippen molar-refractivity contribution in [3.05, 3.63) is 29.8 Å². The van der Waals surface area contributed by atoms with Crippen molar-refractivity contribution in [2.75, 3.05) is 11.9 Å². The van der Waals surface area contributed by atoms with E-state index in [-0.39, 0.29) is 0 Å².